The number of nitrogens with zero attached hydrogens (tertiary/aromatic N) is 3. The van der Waals surface area contributed by atoms with Crippen molar-refractivity contribution < 1.29 is 23.0 Å². The van der Waals surface area contributed by atoms with Gasteiger partial charge in [0.15, 0.2) is 0 Å². The Kier molecular flexibility index (Phi) is 8.26. The molecule has 5 nitrogen and oxygen atoms in total. The highest BCUT2D eigenvalue weighted by molar-refractivity contribution is 7.25. The lowest BCUT2D eigenvalue weighted by Crippen LogP contribution is -2.42. The average molecular weight is 626 g/mol. The van der Waals surface area contributed by atoms with E-state index in [-0.39, 0.29) is 11.5 Å². The minimum Gasteiger partial charge on any atom is -0.506 e. The summed E-state index contributed by atoms with van der Waals surface area (Å²) in [7, 11) is 2.17. The molecule has 1 aliphatic heterocycles. The Morgan fingerprint density at radius 1 is 1.00 bits per heavy atom. The van der Waals surface area contributed by atoms with Crippen LogP contribution in [0.2, 0.25) is 5.02 Å². The molecule has 0 spiro atoms. The number of thiophene rings is 1. The lowest BCUT2D eigenvalue weighted by atomic mass is 10.0. The number of likely N-dealkylation sites (tertiary alicyclic amines) is 1. The fourth-order valence-corrected chi connectivity index (χ4v) is 7.15. The van der Waals surface area contributed by atoms with E-state index >= 15 is 0 Å². The number of rotatable bonds is 7. The smallest absolute Gasteiger partial charge is 0.506 e. The molecule has 0 atom stereocenters. The van der Waals surface area contributed by atoms with E-state index in [1.165, 1.54) is 17.7 Å². The summed E-state index contributed by atoms with van der Waals surface area (Å²) in [6.07, 6.45) is -2.60. The van der Waals surface area contributed by atoms with Crippen LogP contribution in [0.5, 0.6) is 11.5 Å². The van der Waals surface area contributed by atoms with Crippen molar-refractivity contribution in [2.45, 2.75) is 45.3 Å². The largest absolute Gasteiger partial charge is 0.573 e. The summed E-state index contributed by atoms with van der Waals surface area (Å²) in [5.41, 5.74) is 5.08. The van der Waals surface area contributed by atoms with E-state index in [0.717, 1.165) is 64.1 Å². The number of hydrogen-bond donors (Lipinski definition) is 1. The van der Waals surface area contributed by atoms with Gasteiger partial charge in [-0.2, -0.15) is 0 Å². The summed E-state index contributed by atoms with van der Waals surface area (Å²) in [5.74, 6) is -0.100. The van der Waals surface area contributed by atoms with Crippen LogP contribution in [0.25, 0.3) is 31.4 Å². The number of ether oxygens (including phenoxy) is 1. The second-order valence-electron chi connectivity index (χ2n) is 11.2. The Balaban J connectivity index is 1.04. The molecule has 10 heteroatoms. The molecule has 0 amide bonds. The number of benzene rings is 3. The molecule has 0 saturated carbocycles. The molecular weight excluding hydrogens is 595 g/mol. The van der Waals surface area contributed by atoms with Crippen LogP contribution in [0.4, 0.5) is 13.2 Å². The van der Waals surface area contributed by atoms with Gasteiger partial charge in [-0.1, -0.05) is 60.1 Å². The Morgan fingerprint density at radius 3 is 2.33 bits per heavy atom. The van der Waals surface area contributed by atoms with E-state index in [1.807, 2.05) is 6.07 Å². The molecule has 0 bridgehead atoms. The molecule has 2 aromatic heterocycles. The van der Waals surface area contributed by atoms with Crippen LogP contribution in [-0.2, 0) is 13.1 Å². The summed E-state index contributed by atoms with van der Waals surface area (Å²) < 4.78 is 42.2. The maximum Gasteiger partial charge on any atom is 0.573 e. The summed E-state index contributed by atoms with van der Waals surface area (Å²) in [6, 6.07) is 21.5. The van der Waals surface area contributed by atoms with Crippen molar-refractivity contribution in [1.82, 2.24) is 14.8 Å². The summed E-state index contributed by atoms with van der Waals surface area (Å²) in [5, 5.41) is 12.6. The summed E-state index contributed by atoms with van der Waals surface area (Å²) in [6.45, 7) is 5.24. The van der Waals surface area contributed by atoms with E-state index in [2.05, 4.69) is 63.0 Å². The van der Waals surface area contributed by atoms with Gasteiger partial charge in [-0.25, -0.2) is 4.98 Å². The monoisotopic (exact) mass is 625 g/mol. The molecule has 5 aromatic rings. The van der Waals surface area contributed by atoms with Gasteiger partial charge in [0.05, 0.1) is 11.1 Å². The fourth-order valence-electron chi connectivity index (χ4n) is 5.85. The number of halogens is 4. The molecule has 224 valence electrons. The van der Waals surface area contributed by atoms with Crippen LogP contribution in [0.3, 0.4) is 0 Å². The van der Waals surface area contributed by atoms with Crippen LogP contribution in [-0.4, -0.2) is 52.4 Å². The van der Waals surface area contributed by atoms with Crippen molar-refractivity contribution in [2.75, 3.05) is 20.1 Å². The second kappa shape index (κ2) is 12.0. The van der Waals surface area contributed by atoms with Gasteiger partial charge in [-0.3, -0.25) is 9.80 Å². The SMILES string of the molecule is Cc1nc2sc3cc(-c4ccc(CN(C)C5CCN(Cc6ccc(OC(F)(F)F)cc6)CC5)cc4)ccc3c2c(O)c1Cl. The van der Waals surface area contributed by atoms with E-state index in [4.69, 9.17) is 11.6 Å². The normalized spacial score (nSPS) is 15.1. The molecule has 1 N–H and O–H groups in total. The molecule has 6 rings (SSSR count). The van der Waals surface area contributed by atoms with Gasteiger partial charge in [-0.05, 0) is 80.4 Å². The summed E-state index contributed by atoms with van der Waals surface area (Å²) >= 11 is 7.81. The maximum atomic E-state index is 12.4. The maximum absolute atomic E-state index is 12.4. The highest BCUT2D eigenvalue weighted by Crippen LogP contribution is 2.43. The van der Waals surface area contributed by atoms with Crippen LogP contribution >= 0.6 is 22.9 Å². The second-order valence-corrected chi connectivity index (χ2v) is 12.6. The molecule has 3 aromatic carbocycles. The topological polar surface area (TPSA) is 48.8 Å². The molecule has 1 fully saturated rings. The van der Waals surface area contributed by atoms with E-state index in [0.29, 0.717) is 28.7 Å². The minimum atomic E-state index is -4.67. The molecule has 3 heterocycles. The van der Waals surface area contributed by atoms with E-state index in [9.17, 15) is 18.3 Å². The summed E-state index contributed by atoms with van der Waals surface area (Å²) in [4.78, 5) is 10.1. The quantitative estimate of drug-likeness (QED) is 0.196. The molecule has 0 aliphatic carbocycles. The number of alkyl halides is 3. The first-order valence-corrected chi connectivity index (χ1v) is 15.3. The van der Waals surface area contributed by atoms with E-state index < -0.39 is 6.36 Å². The first-order valence-electron chi connectivity index (χ1n) is 14.1. The molecular formula is C33H31ClF3N3O2S. The van der Waals surface area contributed by atoms with Crippen molar-refractivity contribution in [3.63, 3.8) is 0 Å². The number of aromatic nitrogens is 1. The minimum absolute atomic E-state index is 0.0930. The number of pyridine rings is 1. The van der Waals surface area contributed by atoms with Gasteiger partial charge in [0.25, 0.3) is 0 Å². The lowest BCUT2D eigenvalue weighted by molar-refractivity contribution is -0.274. The van der Waals surface area contributed by atoms with Crippen LogP contribution in [0.15, 0.2) is 66.7 Å². The number of hydrogen-bond acceptors (Lipinski definition) is 6. The molecule has 43 heavy (non-hydrogen) atoms. The zero-order valence-corrected chi connectivity index (χ0v) is 25.4. The first-order chi connectivity index (χ1) is 20.5. The third-order valence-electron chi connectivity index (χ3n) is 8.17. The third-order valence-corrected chi connectivity index (χ3v) is 9.66. The average Bonchev–Trinajstić information content (AvgIpc) is 3.34. The van der Waals surface area contributed by atoms with Crippen molar-refractivity contribution in [1.29, 1.82) is 0 Å². The van der Waals surface area contributed by atoms with Gasteiger partial charge in [0, 0.05) is 29.2 Å². The first kappa shape index (κ1) is 29.7. The van der Waals surface area contributed by atoms with Crippen molar-refractivity contribution in [3.05, 3.63) is 88.6 Å². The number of aryl methyl sites for hydroxylation is 1. The van der Waals surface area contributed by atoms with Crippen LogP contribution < -0.4 is 4.74 Å². The van der Waals surface area contributed by atoms with Gasteiger partial charge in [-0.15, -0.1) is 24.5 Å². The van der Waals surface area contributed by atoms with Crippen molar-refractivity contribution in [2.24, 2.45) is 0 Å². The highest BCUT2D eigenvalue weighted by atomic mass is 35.5. The van der Waals surface area contributed by atoms with Gasteiger partial charge < -0.3 is 9.84 Å². The third kappa shape index (κ3) is 6.60. The molecule has 0 unspecified atom stereocenters. The van der Waals surface area contributed by atoms with Crippen LogP contribution in [0, 0.1) is 6.92 Å². The number of aromatic hydroxyl groups is 1. The van der Waals surface area contributed by atoms with Gasteiger partial charge >= 0.3 is 6.36 Å². The van der Waals surface area contributed by atoms with Gasteiger partial charge in [0.2, 0.25) is 0 Å². The Morgan fingerprint density at radius 2 is 1.65 bits per heavy atom. The van der Waals surface area contributed by atoms with Gasteiger partial charge in [0.1, 0.15) is 21.4 Å². The fraction of sp³-hybridized carbons (Fsp3) is 0.303. The number of piperidine rings is 1. The van der Waals surface area contributed by atoms with Crippen molar-refractivity contribution >= 4 is 43.2 Å². The zero-order chi connectivity index (χ0) is 30.3. The predicted octanol–water partition coefficient (Wildman–Crippen LogP) is 8.78. The molecule has 1 saturated heterocycles. The lowest BCUT2D eigenvalue weighted by Gasteiger charge is -2.37. The molecule has 1 aliphatic rings. The van der Waals surface area contributed by atoms with E-state index in [1.54, 1.807) is 30.4 Å². The Bertz CT molecular complexity index is 1750. The van der Waals surface area contributed by atoms with Crippen LogP contribution in [0.1, 0.15) is 29.7 Å². The molecule has 0 radical (unpaired) electrons. The number of fused-ring (bicyclic) bond motifs is 3. The standard InChI is InChI=1S/C33H31ClF3N3O2S/c1-20-30(34)31(41)29-27-12-9-24(17-28(27)43-32(29)38-20)23-7-3-21(4-8-23)18-39(2)25-13-15-40(16-14-25)19-22-5-10-26(11-6-22)42-33(35,36)37/h3-12,17,25H,13-16,18-19H2,1-2H3,(H,38,41). The predicted molar refractivity (Wildman–Crippen MR) is 167 cm³/mol. The zero-order valence-electron chi connectivity index (χ0n) is 23.8. The highest BCUT2D eigenvalue weighted by Gasteiger charge is 2.31. The van der Waals surface area contributed by atoms with Crippen molar-refractivity contribution in [3.8, 4) is 22.6 Å². The Hall–Kier alpha value is -3.37. The Labute approximate surface area is 257 Å².